The van der Waals surface area contributed by atoms with E-state index in [0.29, 0.717) is 62.7 Å². The number of hydrogen-bond acceptors (Lipinski definition) is 17. The Morgan fingerprint density at radius 1 is 0.606 bits per heavy atom. The van der Waals surface area contributed by atoms with Crippen molar-refractivity contribution >= 4 is 62.4 Å². The highest BCUT2D eigenvalue weighted by Gasteiger charge is 2.56. The van der Waals surface area contributed by atoms with Gasteiger partial charge in [-0.3, -0.25) is 28.8 Å². The van der Waals surface area contributed by atoms with E-state index in [1.54, 1.807) is 107 Å². The summed E-state index contributed by atoms with van der Waals surface area (Å²) in [5.74, 6) is 1.39. The summed E-state index contributed by atoms with van der Waals surface area (Å²) in [7, 11) is 0. The number of benzene rings is 2. The topological polar surface area (TPSA) is 309 Å². The number of ether oxygens (including phenoxy) is 5. The van der Waals surface area contributed by atoms with Crippen molar-refractivity contribution in [1.29, 1.82) is 0 Å². The van der Waals surface area contributed by atoms with Gasteiger partial charge in [-0.25, -0.2) is 23.6 Å². The zero-order valence-electron chi connectivity index (χ0n) is 54.2. The fourth-order valence-electron chi connectivity index (χ4n) is 14.7. The summed E-state index contributed by atoms with van der Waals surface area (Å²) in [5, 5.41) is 33.1. The Morgan fingerprint density at radius 3 is 1.56 bits per heavy atom. The monoisotopic (exact) mass is 1280 g/mol. The Balaban J connectivity index is 0.000000179. The highest BCUT2D eigenvalue weighted by atomic mass is 16.6. The molecule has 2 spiro atoms. The van der Waals surface area contributed by atoms with Crippen molar-refractivity contribution in [2.45, 2.75) is 172 Å². The number of carbonyl (C=O) groups excluding carboxylic acids is 5. The molecule has 6 aromatic heterocycles. The van der Waals surface area contributed by atoms with Crippen molar-refractivity contribution < 1.29 is 47.7 Å². The van der Waals surface area contributed by atoms with Crippen LogP contribution < -0.4 is 42.3 Å². The molecule has 6 N–H and O–H groups in total. The second-order valence-electron chi connectivity index (χ2n) is 29.3. The predicted octanol–water partition coefficient (Wildman–Crippen LogP) is 8.77. The quantitative estimate of drug-likeness (QED) is 0.0352. The summed E-state index contributed by atoms with van der Waals surface area (Å²) in [6.07, 6.45) is 18.3. The normalized spacial score (nSPS) is 22.3. The van der Waals surface area contributed by atoms with Crippen LogP contribution in [0.3, 0.4) is 0 Å². The van der Waals surface area contributed by atoms with Crippen molar-refractivity contribution in [3.63, 3.8) is 0 Å². The number of carbonyl (C=O) groups is 5. The lowest BCUT2D eigenvalue weighted by molar-refractivity contribution is -0.158. The lowest BCUT2D eigenvalue weighted by Crippen LogP contribution is -2.55. The van der Waals surface area contributed by atoms with E-state index in [0.717, 1.165) is 78.9 Å². The number of aromatic amines is 1. The molecule has 24 heteroatoms. The van der Waals surface area contributed by atoms with Gasteiger partial charge in [-0.15, -0.1) is 0 Å². The molecule has 0 saturated heterocycles. The molecule has 6 saturated carbocycles. The van der Waals surface area contributed by atoms with Crippen LogP contribution in [-0.4, -0.2) is 124 Å². The van der Waals surface area contributed by atoms with Crippen molar-refractivity contribution in [3.8, 4) is 11.5 Å². The smallest absolute Gasteiger partial charge is 0.408 e. The standard InChI is InChI=1S/C41H50N6O7.C29H32N6O5/c1-39(2,3)54-38(51)42-21-33(48)53-40(4,5)23-52-28-14-15-32-31(20-43-46(32)22-28)36(49)44-27-18-41(19-27)16-26(17-41)34-29-8-6-7-9-30(29)37(50)47(45-34)35(24-10-11-24)25-12-13-25;1-28(2,40-24(36)13-30)16-39-19-7-8-23-22(14-31-35(23)15-19)26(37)32-18-11-29(12-18)9-17(10-29)25-20-5-3-4-6-21(20)27(38)34-33-25/h6-9,14-15,20,22,24-27,35H,10-13,16-19,21,23H2,1-5H3,(H,42,51)(H,44,49);3-8,14-15,17-18H,9-13,16,30H2,1-2H3,(H,32,37)(H,34,38). The molecule has 6 aliphatic rings. The average molecular weight is 1280 g/mol. The summed E-state index contributed by atoms with van der Waals surface area (Å²) in [6.45, 7) is 11.8. The minimum atomic E-state index is -0.986. The number of H-pyrrole nitrogens is 1. The minimum Gasteiger partial charge on any atom is -0.488 e. The van der Waals surface area contributed by atoms with Gasteiger partial charge in [0.05, 0.1) is 81.7 Å². The maximum Gasteiger partial charge on any atom is 0.408 e. The molecule has 494 valence electrons. The molecule has 6 heterocycles. The number of nitrogens with one attached hydrogen (secondary N) is 4. The van der Waals surface area contributed by atoms with Crippen LogP contribution in [0.15, 0.2) is 107 Å². The van der Waals surface area contributed by atoms with Gasteiger partial charge < -0.3 is 45.4 Å². The molecule has 0 unspecified atom stereocenters. The number of nitrogens with two attached hydrogens (primary N) is 1. The SMILES string of the molecule is CC(C)(C)OC(=O)NCC(=O)OC(C)(C)COc1ccc2c(C(=O)NC3CC4(C3)CC(c3nn(C(C5CC5)C5CC5)c(=O)c5ccccc35)C4)cnn2c1.CC(C)(COc1ccc2c(C(=O)NC3CC4(C3)CC(c3n[nH]c(=O)c5ccccc35)C4)cnn2c1)OC(=O)CN. The van der Waals surface area contributed by atoms with Crippen LogP contribution in [0.5, 0.6) is 11.5 Å². The Morgan fingerprint density at radius 2 is 1.07 bits per heavy atom. The first kappa shape index (κ1) is 63.6. The van der Waals surface area contributed by atoms with E-state index in [-0.39, 0.29) is 78.2 Å². The zero-order valence-corrected chi connectivity index (χ0v) is 54.2. The van der Waals surface area contributed by atoms with Gasteiger partial charge in [0.2, 0.25) is 0 Å². The number of pyridine rings is 2. The van der Waals surface area contributed by atoms with E-state index < -0.39 is 34.8 Å². The Kier molecular flexibility index (Phi) is 16.6. The fourth-order valence-corrected chi connectivity index (χ4v) is 14.7. The summed E-state index contributed by atoms with van der Waals surface area (Å²) in [4.78, 5) is 87.9. The van der Waals surface area contributed by atoms with Gasteiger partial charge in [-0.1, -0.05) is 36.4 Å². The van der Waals surface area contributed by atoms with Gasteiger partial charge in [-0.2, -0.15) is 20.4 Å². The average Bonchev–Trinajstić information content (AvgIpc) is 1.33. The summed E-state index contributed by atoms with van der Waals surface area (Å²) >= 11 is 0. The lowest BCUT2D eigenvalue weighted by atomic mass is 9.49. The van der Waals surface area contributed by atoms with Crippen LogP contribution in [-0.2, 0) is 23.8 Å². The van der Waals surface area contributed by atoms with Gasteiger partial charge in [-0.05, 0) is 185 Å². The number of hydrogen-bond donors (Lipinski definition) is 5. The number of alkyl carbamates (subject to hydrolysis) is 1. The summed E-state index contributed by atoms with van der Waals surface area (Å²) in [6, 6.07) is 23.1. The van der Waals surface area contributed by atoms with Crippen molar-refractivity contribution in [3.05, 3.63) is 141 Å². The van der Waals surface area contributed by atoms with E-state index >= 15 is 0 Å². The molecule has 3 amide bonds. The first-order valence-electron chi connectivity index (χ1n) is 32.7. The third-order valence-electron chi connectivity index (χ3n) is 19.3. The van der Waals surface area contributed by atoms with E-state index in [4.69, 9.17) is 34.5 Å². The van der Waals surface area contributed by atoms with Crippen molar-refractivity contribution in [2.24, 2.45) is 28.4 Å². The molecule has 6 aliphatic carbocycles. The molecule has 0 atom stereocenters. The number of esters is 2. The lowest BCUT2D eigenvalue weighted by Gasteiger charge is -2.57. The molecular formula is C70H82N12O12. The molecule has 24 nitrogen and oxygen atoms in total. The van der Waals surface area contributed by atoms with Crippen LogP contribution >= 0.6 is 0 Å². The number of nitrogens with zero attached hydrogens (tertiary/aromatic N) is 7. The maximum atomic E-state index is 13.6. The summed E-state index contributed by atoms with van der Waals surface area (Å²) < 4.78 is 32.7. The van der Waals surface area contributed by atoms with Crippen LogP contribution in [0.1, 0.15) is 175 Å². The molecule has 14 rings (SSSR count). The molecule has 8 aromatic rings. The number of fused-ring (bicyclic) bond motifs is 4. The molecule has 0 aliphatic heterocycles. The third kappa shape index (κ3) is 13.6. The number of amides is 3. The molecular weight excluding hydrogens is 1200 g/mol. The minimum absolute atomic E-state index is 0.0489. The highest BCUT2D eigenvalue weighted by Crippen LogP contribution is 2.63. The Bertz CT molecular complexity index is 4360. The highest BCUT2D eigenvalue weighted by molar-refractivity contribution is 6.01. The van der Waals surface area contributed by atoms with Crippen LogP contribution in [0.2, 0.25) is 0 Å². The van der Waals surface area contributed by atoms with Gasteiger partial charge in [0.1, 0.15) is 48.1 Å². The molecule has 0 radical (unpaired) electrons. The van der Waals surface area contributed by atoms with E-state index in [2.05, 4.69) is 42.4 Å². The maximum absolute atomic E-state index is 13.6. The second kappa shape index (κ2) is 24.6. The molecule has 6 fully saturated rings. The second-order valence-corrected chi connectivity index (χ2v) is 29.3. The van der Waals surface area contributed by atoms with E-state index in [1.807, 2.05) is 47.1 Å². The van der Waals surface area contributed by atoms with E-state index in [1.165, 1.54) is 25.7 Å². The van der Waals surface area contributed by atoms with Gasteiger partial charge in [0, 0.05) is 34.7 Å². The molecule has 0 bridgehead atoms. The van der Waals surface area contributed by atoms with Crippen LogP contribution in [0.4, 0.5) is 4.79 Å². The van der Waals surface area contributed by atoms with Gasteiger partial charge in [0.15, 0.2) is 0 Å². The van der Waals surface area contributed by atoms with Gasteiger partial charge in [0.25, 0.3) is 22.9 Å². The largest absolute Gasteiger partial charge is 0.488 e. The third-order valence-corrected chi connectivity index (χ3v) is 19.3. The van der Waals surface area contributed by atoms with E-state index in [9.17, 15) is 33.6 Å². The van der Waals surface area contributed by atoms with Crippen molar-refractivity contribution in [1.82, 2.24) is 55.2 Å². The van der Waals surface area contributed by atoms with Crippen LogP contribution in [0, 0.1) is 22.7 Å². The number of aromatic nitrogens is 8. The molecule has 2 aromatic carbocycles. The number of rotatable bonds is 20. The Hall–Kier alpha value is -9.19. The van der Waals surface area contributed by atoms with Gasteiger partial charge >= 0.3 is 18.0 Å². The van der Waals surface area contributed by atoms with Crippen LogP contribution in [0.25, 0.3) is 32.6 Å². The van der Waals surface area contributed by atoms with Crippen molar-refractivity contribution in [2.75, 3.05) is 26.3 Å². The first-order chi connectivity index (χ1) is 44.8. The summed E-state index contributed by atoms with van der Waals surface area (Å²) in [5.41, 5.74) is 7.48. The Labute approximate surface area is 542 Å². The molecule has 94 heavy (non-hydrogen) atoms. The predicted molar refractivity (Wildman–Crippen MR) is 348 cm³/mol. The zero-order chi connectivity index (χ0) is 66.1. The fraction of sp³-hybridized carbons (Fsp3) is 0.500. The first-order valence-corrected chi connectivity index (χ1v) is 32.7.